The summed E-state index contributed by atoms with van der Waals surface area (Å²) in [4.78, 5) is 14.3. The van der Waals surface area contributed by atoms with E-state index in [9.17, 15) is 4.79 Å². The SMILES string of the molecule is CN(C(=O)CC1CCCCC1)C1CCCCC1Cl. The third kappa shape index (κ3) is 3.63. The number of rotatable bonds is 3. The van der Waals surface area contributed by atoms with Crippen LogP contribution in [0.1, 0.15) is 64.2 Å². The van der Waals surface area contributed by atoms with Gasteiger partial charge < -0.3 is 4.90 Å². The third-order valence-electron chi connectivity index (χ3n) is 4.73. The fraction of sp³-hybridized carbons (Fsp3) is 0.933. The van der Waals surface area contributed by atoms with Crippen molar-refractivity contribution in [1.82, 2.24) is 4.90 Å². The highest BCUT2D eigenvalue weighted by atomic mass is 35.5. The van der Waals surface area contributed by atoms with Crippen LogP contribution < -0.4 is 0 Å². The van der Waals surface area contributed by atoms with Crippen LogP contribution >= 0.6 is 11.6 Å². The van der Waals surface area contributed by atoms with Crippen molar-refractivity contribution in [1.29, 1.82) is 0 Å². The highest BCUT2D eigenvalue weighted by Crippen LogP contribution is 2.30. The van der Waals surface area contributed by atoms with Gasteiger partial charge in [0.2, 0.25) is 5.91 Å². The second-order valence-electron chi connectivity index (χ2n) is 6.08. The molecule has 1 amide bonds. The number of carbonyl (C=O) groups excluding carboxylic acids is 1. The lowest BCUT2D eigenvalue weighted by molar-refractivity contribution is -0.133. The van der Waals surface area contributed by atoms with E-state index in [0.717, 1.165) is 19.3 Å². The first-order valence-corrected chi connectivity index (χ1v) is 8.02. The minimum absolute atomic E-state index is 0.166. The van der Waals surface area contributed by atoms with Crippen LogP contribution in [-0.4, -0.2) is 29.3 Å². The van der Waals surface area contributed by atoms with Gasteiger partial charge in [0.25, 0.3) is 0 Å². The molecule has 0 aromatic rings. The molecule has 0 N–H and O–H groups in total. The topological polar surface area (TPSA) is 20.3 Å². The van der Waals surface area contributed by atoms with Gasteiger partial charge in [-0.3, -0.25) is 4.79 Å². The molecule has 2 saturated carbocycles. The van der Waals surface area contributed by atoms with Gasteiger partial charge in [-0.05, 0) is 31.6 Å². The van der Waals surface area contributed by atoms with Crippen LogP contribution in [0.2, 0.25) is 0 Å². The van der Waals surface area contributed by atoms with E-state index in [-0.39, 0.29) is 11.4 Å². The van der Waals surface area contributed by atoms with Crippen molar-refractivity contribution in [2.45, 2.75) is 75.6 Å². The summed E-state index contributed by atoms with van der Waals surface area (Å²) in [7, 11) is 1.95. The maximum atomic E-state index is 12.3. The van der Waals surface area contributed by atoms with E-state index in [1.54, 1.807) is 0 Å². The van der Waals surface area contributed by atoms with Crippen molar-refractivity contribution >= 4 is 17.5 Å². The van der Waals surface area contributed by atoms with Gasteiger partial charge >= 0.3 is 0 Å². The minimum Gasteiger partial charge on any atom is -0.341 e. The normalized spacial score (nSPS) is 30.1. The monoisotopic (exact) mass is 271 g/mol. The Morgan fingerprint density at radius 3 is 2.33 bits per heavy atom. The van der Waals surface area contributed by atoms with Crippen molar-refractivity contribution in [3.8, 4) is 0 Å². The minimum atomic E-state index is 0.166. The number of carbonyl (C=O) groups is 1. The van der Waals surface area contributed by atoms with Gasteiger partial charge in [0.1, 0.15) is 0 Å². The lowest BCUT2D eigenvalue weighted by atomic mass is 9.86. The second kappa shape index (κ2) is 6.79. The summed E-state index contributed by atoms with van der Waals surface area (Å²) in [5.74, 6) is 0.950. The lowest BCUT2D eigenvalue weighted by Crippen LogP contribution is -2.44. The molecule has 2 atom stereocenters. The molecule has 0 aliphatic heterocycles. The highest BCUT2D eigenvalue weighted by molar-refractivity contribution is 6.21. The largest absolute Gasteiger partial charge is 0.341 e. The summed E-state index contributed by atoms with van der Waals surface area (Å²) in [5.41, 5.74) is 0. The van der Waals surface area contributed by atoms with Crippen LogP contribution in [0, 0.1) is 5.92 Å². The molecular formula is C15H26ClNO. The average molecular weight is 272 g/mol. The van der Waals surface area contributed by atoms with Crippen molar-refractivity contribution in [2.75, 3.05) is 7.05 Å². The molecule has 0 aromatic heterocycles. The van der Waals surface area contributed by atoms with E-state index in [2.05, 4.69) is 0 Å². The zero-order valence-electron chi connectivity index (χ0n) is 11.5. The second-order valence-corrected chi connectivity index (χ2v) is 6.64. The fourth-order valence-corrected chi connectivity index (χ4v) is 3.92. The van der Waals surface area contributed by atoms with Gasteiger partial charge in [0, 0.05) is 19.5 Å². The number of halogens is 1. The summed E-state index contributed by atoms with van der Waals surface area (Å²) in [6, 6.07) is 0.275. The Morgan fingerprint density at radius 1 is 1.06 bits per heavy atom. The van der Waals surface area contributed by atoms with E-state index in [1.165, 1.54) is 44.9 Å². The molecule has 3 heteroatoms. The maximum Gasteiger partial charge on any atom is 0.222 e. The number of hydrogen-bond acceptors (Lipinski definition) is 1. The van der Waals surface area contributed by atoms with Crippen molar-refractivity contribution in [3.05, 3.63) is 0 Å². The smallest absolute Gasteiger partial charge is 0.222 e. The van der Waals surface area contributed by atoms with Gasteiger partial charge in [-0.2, -0.15) is 0 Å². The predicted molar refractivity (Wildman–Crippen MR) is 75.9 cm³/mol. The number of alkyl halides is 1. The van der Waals surface area contributed by atoms with Crippen LogP contribution in [0.25, 0.3) is 0 Å². The van der Waals surface area contributed by atoms with Crippen LogP contribution in [0.4, 0.5) is 0 Å². The molecule has 0 radical (unpaired) electrons. The summed E-state index contributed by atoms with van der Waals surface area (Å²) in [6.07, 6.45) is 11.8. The summed E-state index contributed by atoms with van der Waals surface area (Å²) in [6.45, 7) is 0. The number of amides is 1. The Morgan fingerprint density at radius 2 is 1.67 bits per heavy atom. The van der Waals surface area contributed by atoms with Gasteiger partial charge in [-0.25, -0.2) is 0 Å². The van der Waals surface area contributed by atoms with Crippen LogP contribution in [0.5, 0.6) is 0 Å². The van der Waals surface area contributed by atoms with Gasteiger partial charge in [0.15, 0.2) is 0 Å². The fourth-order valence-electron chi connectivity index (χ4n) is 3.47. The molecule has 2 fully saturated rings. The van der Waals surface area contributed by atoms with Crippen LogP contribution in [-0.2, 0) is 4.79 Å². The molecule has 2 rings (SSSR count). The van der Waals surface area contributed by atoms with E-state index >= 15 is 0 Å². The first-order chi connectivity index (χ1) is 8.68. The molecule has 2 aliphatic carbocycles. The first kappa shape index (κ1) is 14.2. The van der Waals surface area contributed by atoms with Crippen LogP contribution in [0.15, 0.2) is 0 Å². The number of nitrogens with zero attached hydrogens (tertiary/aromatic N) is 1. The van der Waals surface area contributed by atoms with E-state index in [1.807, 2.05) is 11.9 Å². The van der Waals surface area contributed by atoms with Crippen molar-refractivity contribution in [3.63, 3.8) is 0 Å². The molecule has 0 saturated heterocycles. The van der Waals surface area contributed by atoms with Crippen LogP contribution in [0.3, 0.4) is 0 Å². The quantitative estimate of drug-likeness (QED) is 0.712. The summed E-state index contributed by atoms with van der Waals surface area (Å²) < 4.78 is 0. The standard InChI is InChI=1S/C15H26ClNO/c1-17(14-10-6-5-9-13(14)16)15(18)11-12-7-3-2-4-8-12/h12-14H,2-11H2,1H3. The van der Waals surface area contributed by atoms with Gasteiger partial charge in [-0.15, -0.1) is 11.6 Å². The zero-order chi connectivity index (χ0) is 13.0. The maximum absolute atomic E-state index is 12.3. The van der Waals surface area contributed by atoms with E-state index in [4.69, 9.17) is 11.6 Å². The van der Waals surface area contributed by atoms with E-state index in [0.29, 0.717) is 11.8 Å². The Hall–Kier alpha value is -0.240. The molecular weight excluding hydrogens is 246 g/mol. The zero-order valence-corrected chi connectivity index (χ0v) is 12.3. The average Bonchev–Trinajstić information content (AvgIpc) is 2.39. The molecule has 2 nitrogen and oxygen atoms in total. The molecule has 104 valence electrons. The van der Waals surface area contributed by atoms with Gasteiger partial charge in [0.05, 0.1) is 5.38 Å². The third-order valence-corrected chi connectivity index (χ3v) is 5.24. The molecule has 18 heavy (non-hydrogen) atoms. The molecule has 0 aromatic carbocycles. The van der Waals surface area contributed by atoms with Gasteiger partial charge in [-0.1, -0.05) is 32.1 Å². The summed E-state index contributed by atoms with van der Waals surface area (Å²) >= 11 is 6.37. The molecule has 2 aliphatic rings. The lowest BCUT2D eigenvalue weighted by Gasteiger charge is -2.36. The molecule has 2 unspecified atom stereocenters. The van der Waals surface area contributed by atoms with Crippen molar-refractivity contribution in [2.24, 2.45) is 5.92 Å². The molecule has 0 heterocycles. The Balaban J connectivity index is 1.83. The Bertz CT molecular complexity index is 276. The molecule has 0 bridgehead atoms. The van der Waals surface area contributed by atoms with E-state index < -0.39 is 0 Å². The first-order valence-electron chi connectivity index (χ1n) is 7.58. The summed E-state index contributed by atoms with van der Waals surface area (Å²) in [5, 5.41) is 0.166. The Labute approximate surface area is 116 Å². The molecule has 0 spiro atoms. The highest BCUT2D eigenvalue weighted by Gasteiger charge is 2.30. The predicted octanol–water partition coefficient (Wildman–Crippen LogP) is 3.97. The Kier molecular flexibility index (Phi) is 5.35. The number of hydrogen-bond donors (Lipinski definition) is 0. The van der Waals surface area contributed by atoms with Crippen molar-refractivity contribution < 1.29 is 4.79 Å².